The molecule has 116 valence electrons. The Morgan fingerprint density at radius 2 is 2.05 bits per heavy atom. The monoisotopic (exact) mass is 304 g/mol. The number of amides is 1. The van der Waals surface area contributed by atoms with Crippen LogP contribution in [0.25, 0.3) is 0 Å². The number of rotatable bonds is 7. The van der Waals surface area contributed by atoms with Crippen molar-refractivity contribution in [3.63, 3.8) is 0 Å². The summed E-state index contributed by atoms with van der Waals surface area (Å²) in [5.41, 5.74) is 6.16. The van der Waals surface area contributed by atoms with Crippen molar-refractivity contribution in [3.05, 3.63) is 65.5 Å². The molecule has 2 aromatic rings. The molecular formula is C17H19FN2O2. The second-order valence-electron chi connectivity index (χ2n) is 4.86. The lowest BCUT2D eigenvalue weighted by atomic mass is 10.2. The highest BCUT2D eigenvalue weighted by Crippen LogP contribution is 2.14. The zero-order valence-electron chi connectivity index (χ0n) is 14.2. The van der Waals surface area contributed by atoms with E-state index in [1.165, 1.54) is 18.2 Å². The van der Waals surface area contributed by atoms with E-state index in [0.717, 1.165) is 11.6 Å². The van der Waals surface area contributed by atoms with Gasteiger partial charge in [0.1, 0.15) is 18.1 Å². The molecule has 1 atom stereocenters. The molecule has 3 N–H and O–H groups in total. The summed E-state index contributed by atoms with van der Waals surface area (Å²) < 4.78 is 34.5. The smallest absolute Gasteiger partial charge is 0.234 e. The first-order valence-corrected chi connectivity index (χ1v) is 6.84. The van der Waals surface area contributed by atoms with E-state index in [2.05, 4.69) is 5.32 Å². The highest BCUT2D eigenvalue weighted by atomic mass is 19.1. The minimum absolute atomic E-state index is 0.100. The van der Waals surface area contributed by atoms with Crippen LogP contribution in [0.4, 0.5) is 4.39 Å². The number of hydrogen-bond donors (Lipinski definition) is 2. The lowest BCUT2D eigenvalue weighted by Crippen LogP contribution is -2.38. The normalized spacial score (nSPS) is 13.9. The SMILES string of the molecule is [2H]C([2H])(Oc1ccc(CN[C@@H](C)C(N)=O)cc1)c1cccc(F)c1. The zero-order valence-corrected chi connectivity index (χ0v) is 12.2. The van der Waals surface area contributed by atoms with Gasteiger partial charge in [0.2, 0.25) is 5.91 Å². The topological polar surface area (TPSA) is 64.3 Å². The second kappa shape index (κ2) is 7.56. The van der Waals surface area contributed by atoms with Gasteiger partial charge < -0.3 is 15.8 Å². The molecule has 0 aliphatic heterocycles. The molecule has 0 unspecified atom stereocenters. The molecule has 0 aliphatic carbocycles. The summed E-state index contributed by atoms with van der Waals surface area (Å²) in [7, 11) is 0. The van der Waals surface area contributed by atoms with Crippen LogP contribution in [-0.4, -0.2) is 11.9 Å². The van der Waals surface area contributed by atoms with Gasteiger partial charge in [-0.2, -0.15) is 0 Å². The average molecular weight is 304 g/mol. The Hall–Kier alpha value is -2.40. The fourth-order valence-electron chi connectivity index (χ4n) is 1.72. The predicted molar refractivity (Wildman–Crippen MR) is 82.7 cm³/mol. The number of halogens is 1. The standard InChI is InChI=1S/C17H19FN2O2/c1-12(17(19)21)20-10-13-5-7-16(8-6-13)22-11-14-3-2-4-15(18)9-14/h2-9,12,20H,10-11H2,1H3,(H2,19,21)/t12-/m0/s1/i11D2. The van der Waals surface area contributed by atoms with Gasteiger partial charge in [-0.05, 0) is 42.3 Å². The van der Waals surface area contributed by atoms with Crippen LogP contribution in [0.15, 0.2) is 48.5 Å². The van der Waals surface area contributed by atoms with Crippen LogP contribution in [0.2, 0.25) is 0 Å². The van der Waals surface area contributed by atoms with Crippen LogP contribution < -0.4 is 15.8 Å². The molecule has 0 fully saturated rings. The molecule has 0 aliphatic rings. The third-order valence-corrected chi connectivity index (χ3v) is 3.07. The fraction of sp³-hybridized carbons (Fsp3) is 0.235. The first kappa shape index (κ1) is 13.3. The number of benzene rings is 2. The first-order chi connectivity index (χ1) is 11.3. The van der Waals surface area contributed by atoms with Crippen molar-refractivity contribution >= 4 is 5.91 Å². The van der Waals surface area contributed by atoms with E-state index in [0.29, 0.717) is 12.3 Å². The van der Waals surface area contributed by atoms with E-state index in [1.807, 2.05) is 0 Å². The van der Waals surface area contributed by atoms with Crippen molar-refractivity contribution < 1.29 is 16.7 Å². The van der Waals surface area contributed by atoms with E-state index < -0.39 is 24.3 Å². The summed E-state index contributed by atoms with van der Waals surface area (Å²) >= 11 is 0. The van der Waals surface area contributed by atoms with Crippen molar-refractivity contribution in [3.8, 4) is 5.75 Å². The molecular weight excluding hydrogens is 283 g/mol. The highest BCUT2D eigenvalue weighted by molar-refractivity contribution is 5.79. The number of ether oxygens (including phenoxy) is 1. The molecule has 0 spiro atoms. The summed E-state index contributed by atoms with van der Waals surface area (Å²) in [6, 6.07) is 11.5. The van der Waals surface area contributed by atoms with Crippen molar-refractivity contribution in [1.82, 2.24) is 5.32 Å². The fourth-order valence-corrected chi connectivity index (χ4v) is 1.72. The maximum Gasteiger partial charge on any atom is 0.234 e. The van der Waals surface area contributed by atoms with Crippen LogP contribution in [0, 0.1) is 5.82 Å². The van der Waals surface area contributed by atoms with Crippen molar-refractivity contribution in [2.24, 2.45) is 5.73 Å². The minimum Gasteiger partial charge on any atom is -0.489 e. The van der Waals surface area contributed by atoms with Crippen molar-refractivity contribution in [2.75, 3.05) is 0 Å². The zero-order chi connectivity index (χ0) is 17.7. The van der Waals surface area contributed by atoms with E-state index in [-0.39, 0.29) is 5.56 Å². The quantitative estimate of drug-likeness (QED) is 0.825. The summed E-state index contributed by atoms with van der Waals surface area (Å²) in [5, 5.41) is 2.97. The Bertz CT molecular complexity index is 708. The Morgan fingerprint density at radius 3 is 2.68 bits per heavy atom. The molecule has 2 rings (SSSR count). The average Bonchev–Trinajstić information content (AvgIpc) is 2.53. The van der Waals surface area contributed by atoms with Gasteiger partial charge in [-0.3, -0.25) is 4.79 Å². The number of primary amides is 1. The van der Waals surface area contributed by atoms with Gasteiger partial charge in [-0.25, -0.2) is 4.39 Å². The third kappa shape index (κ3) is 4.86. The number of nitrogens with one attached hydrogen (secondary N) is 1. The molecule has 0 aromatic heterocycles. The summed E-state index contributed by atoms with van der Waals surface area (Å²) in [6.07, 6.45) is 0. The van der Waals surface area contributed by atoms with E-state index in [9.17, 15) is 9.18 Å². The predicted octanol–water partition coefficient (Wildman–Crippen LogP) is 2.37. The van der Waals surface area contributed by atoms with Crippen LogP contribution in [0.3, 0.4) is 0 Å². The molecule has 0 saturated carbocycles. The van der Waals surface area contributed by atoms with Gasteiger partial charge in [0.25, 0.3) is 0 Å². The molecule has 4 nitrogen and oxygen atoms in total. The lowest BCUT2D eigenvalue weighted by Gasteiger charge is -2.11. The highest BCUT2D eigenvalue weighted by Gasteiger charge is 2.07. The maximum atomic E-state index is 13.2. The maximum absolute atomic E-state index is 13.2. The van der Waals surface area contributed by atoms with Crippen LogP contribution in [0.5, 0.6) is 5.75 Å². The largest absolute Gasteiger partial charge is 0.489 e. The molecule has 0 bridgehead atoms. The van der Waals surface area contributed by atoms with Crippen molar-refractivity contribution in [2.45, 2.75) is 26.1 Å². The van der Waals surface area contributed by atoms with E-state index in [1.54, 1.807) is 31.2 Å². The number of carbonyl (C=O) groups is 1. The molecule has 0 saturated heterocycles. The Morgan fingerprint density at radius 1 is 1.32 bits per heavy atom. The molecule has 1 amide bonds. The van der Waals surface area contributed by atoms with Crippen LogP contribution in [-0.2, 0) is 17.9 Å². The Kier molecular flexibility index (Phi) is 4.56. The molecule has 0 radical (unpaired) electrons. The Balaban J connectivity index is 2.01. The van der Waals surface area contributed by atoms with Gasteiger partial charge >= 0.3 is 0 Å². The first-order valence-electron chi connectivity index (χ1n) is 7.84. The number of carbonyl (C=O) groups excluding carboxylic acids is 1. The van der Waals surface area contributed by atoms with Crippen molar-refractivity contribution in [1.29, 1.82) is 0 Å². The summed E-state index contributed by atoms with van der Waals surface area (Å²) in [4.78, 5) is 11.0. The molecule has 2 aromatic carbocycles. The van der Waals surface area contributed by atoms with Crippen LogP contribution >= 0.6 is 0 Å². The van der Waals surface area contributed by atoms with E-state index in [4.69, 9.17) is 13.2 Å². The van der Waals surface area contributed by atoms with Gasteiger partial charge in [-0.15, -0.1) is 0 Å². The summed E-state index contributed by atoms with van der Waals surface area (Å²) in [5.74, 6) is -0.640. The number of nitrogens with two attached hydrogens (primary N) is 1. The third-order valence-electron chi connectivity index (χ3n) is 3.07. The van der Waals surface area contributed by atoms with Gasteiger partial charge in [-0.1, -0.05) is 24.3 Å². The Labute approximate surface area is 131 Å². The van der Waals surface area contributed by atoms with E-state index >= 15 is 0 Å². The number of hydrogen-bond acceptors (Lipinski definition) is 3. The molecule has 0 heterocycles. The second-order valence-corrected chi connectivity index (χ2v) is 4.86. The molecule has 5 heteroatoms. The lowest BCUT2D eigenvalue weighted by molar-refractivity contribution is -0.119. The van der Waals surface area contributed by atoms with Gasteiger partial charge in [0.15, 0.2) is 0 Å². The van der Waals surface area contributed by atoms with Gasteiger partial charge in [0.05, 0.1) is 8.78 Å². The minimum atomic E-state index is -2.15. The van der Waals surface area contributed by atoms with Gasteiger partial charge in [0, 0.05) is 6.54 Å². The van der Waals surface area contributed by atoms with Crippen LogP contribution in [0.1, 0.15) is 20.8 Å². The molecule has 22 heavy (non-hydrogen) atoms. The summed E-state index contributed by atoms with van der Waals surface area (Å²) in [6.45, 7) is -0.0309.